The number of fused-ring (bicyclic) bond motifs is 11. The van der Waals surface area contributed by atoms with Crippen molar-refractivity contribution in [1.29, 1.82) is 0 Å². The number of aryl methyl sites for hydroxylation is 1. The third kappa shape index (κ3) is 3.01. The van der Waals surface area contributed by atoms with E-state index in [0.717, 1.165) is 16.6 Å². The van der Waals surface area contributed by atoms with Crippen LogP contribution >= 0.6 is 0 Å². The van der Waals surface area contributed by atoms with E-state index in [4.69, 9.17) is 4.42 Å². The highest BCUT2D eigenvalue weighted by Gasteiger charge is 2.52. The molecule has 0 amide bonds. The minimum Gasteiger partial charge on any atom is -0.454 e. The van der Waals surface area contributed by atoms with Crippen LogP contribution in [0.1, 0.15) is 27.8 Å². The van der Waals surface area contributed by atoms with Gasteiger partial charge in [0.25, 0.3) is 0 Å². The topological polar surface area (TPSA) is 21.3 Å². The Morgan fingerprint density at radius 1 is 0.560 bits per heavy atom. The van der Waals surface area contributed by atoms with Crippen LogP contribution in [0.2, 0.25) is 0 Å². The lowest BCUT2D eigenvalue weighted by Crippen LogP contribution is -2.58. The summed E-state index contributed by atoms with van der Waals surface area (Å²) in [6.45, 7) is 2.20. The second-order valence-corrected chi connectivity index (χ2v) is 14.1. The molecule has 0 spiro atoms. The molecule has 0 saturated carbocycles. The molecule has 50 heavy (non-hydrogen) atoms. The van der Waals surface area contributed by atoms with Crippen molar-refractivity contribution >= 4 is 67.8 Å². The molecule has 5 heterocycles. The number of para-hydroxylation sites is 4. The molecule has 12 rings (SSSR count). The summed E-state index contributed by atoms with van der Waals surface area (Å²) < 4.78 is 9.34. The lowest BCUT2D eigenvalue weighted by atomic mass is 9.43. The fraction of sp³-hybridized carbons (Fsp3) is 0.0435. The van der Waals surface area contributed by atoms with E-state index in [9.17, 15) is 0 Å². The van der Waals surface area contributed by atoms with Crippen molar-refractivity contribution in [3.63, 3.8) is 0 Å². The average Bonchev–Trinajstić information content (AvgIpc) is 3.71. The van der Waals surface area contributed by atoms with E-state index in [-0.39, 0.29) is 6.85 Å². The molecule has 3 nitrogen and oxygen atoms in total. The molecule has 0 fully saturated rings. The van der Waals surface area contributed by atoms with E-state index in [2.05, 4.69) is 174 Å². The van der Waals surface area contributed by atoms with E-state index in [1.807, 2.05) is 0 Å². The monoisotopic (exact) mass is 636 g/mol. The number of furan rings is 1. The molecule has 0 unspecified atom stereocenters. The number of aromatic nitrogens is 1. The zero-order chi connectivity index (χ0) is 32.7. The zero-order valence-electron chi connectivity index (χ0n) is 27.4. The largest absolute Gasteiger partial charge is 0.454 e. The third-order valence-corrected chi connectivity index (χ3v) is 11.6. The Morgan fingerprint density at radius 2 is 1.24 bits per heavy atom. The molecule has 7 aromatic carbocycles. The lowest BCUT2D eigenvalue weighted by Gasteiger charge is -2.50. The van der Waals surface area contributed by atoms with E-state index in [1.54, 1.807) is 0 Å². The number of anilines is 3. The van der Waals surface area contributed by atoms with Crippen molar-refractivity contribution in [2.45, 2.75) is 12.3 Å². The Bertz CT molecular complexity index is 2860. The predicted molar refractivity (Wildman–Crippen MR) is 206 cm³/mol. The second kappa shape index (κ2) is 9.25. The van der Waals surface area contributed by atoms with Gasteiger partial charge in [-0.25, -0.2) is 0 Å². The van der Waals surface area contributed by atoms with Crippen LogP contribution in [0.15, 0.2) is 162 Å². The molecule has 0 bridgehead atoms. The first-order chi connectivity index (χ1) is 24.7. The molecular weight excluding hydrogens is 607 g/mol. The molecule has 4 heteroatoms. The summed E-state index contributed by atoms with van der Waals surface area (Å²) in [5.74, 6) is 0. The fourth-order valence-electron chi connectivity index (χ4n) is 9.93. The van der Waals surface area contributed by atoms with Crippen molar-refractivity contribution in [3.05, 3.63) is 186 Å². The third-order valence-electron chi connectivity index (χ3n) is 11.6. The Labute approximate surface area is 289 Å². The Kier molecular flexibility index (Phi) is 4.93. The minimum absolute atomic E-state index is 0.0442. The van der Waals surface area contributed by atoms with Gasteiger partial charge in [-0.2, -0.15) is 0 Å². The molecule has 0 saturated heterocycles. The Hall–Kier alpha value is -6.26. The van der Waals surface area contributed by atoms with Crippen molar-refractivity contribution in [3.8, 4) is 11.1 Å². The fourth-order valence-corrected chi connectivity index (χ4v) is 9.93. The van der Waals surface area contributed by atoms with E-state index in [1.165, 1.54) is 83.4 Å². The van der Waals surface area contributed by atoms with Crippen LogP contribution < -0.4 is 15.8 Å². The predicted octanol–water partition coefficient (Wildman–Crippen LogP) is 9.96. The van der Waals surface area contributed by atoms with Crippen LogP contribution in [0.5, 0.6) is 0 Å². The number of hydrogen-bond donors (Lipinski definition) is 0. The summed E-state index contributed by atoms with van der Waals surface area (Å²) >= 11 is 0. The molecule has 0 radical (unpaired) electrons. The van der Waals surface area contributed by atoms with Gasteiger partial charge in [-0.1, -0.05) is 127 Å². The summed E-state index contributed by atoms with van der Waals surface area (Å²) in [5, 5.41) is 2.32. The summed E-state index contributed by atoms with van der Waals surface area (Å²) in [7, 11) is 0. The smallest absolute Gasteiger partial charge is 0.333 e. The van der Waals surface area contributed by atoms with Crippen molar-refractivity contribution in [2.24, 2.45) is 0 Å². The van der Waals surface area contributed by atoms with Crippen LogP contribution in [-0.2, 0) is 5.41 Å². The summed E-state index contributed by atoms with van der Waals surface area (Å²) in [6, 6.07) is 58.5. The second-order valence-electron chi connectivity index (χ2n) is 14.1. The van der Waals surface area contributed by atoms with Gasteiger partial charge in [-0.15, -0.1) is 0 Å². The van der Waals surface area contributed by atoms with Gasteiger partial charge in [0.1, 0.15) is 5.58 Å². The van der Waals surface area contributed by atoms with Gasteiger partial charge >= 0.3 is 6.85 Å². The van der Waals surface area contributed by atoms with Crippen molar-refractivity contribution in [2.75, 3.05) is 4.90 Å². The number of nitrogens with zero attached hydrogens (tertiary/aromatic N) is 2. The highest BCUT2D eigenvalue weighted by atomic mass is 16.3. The molecule has 0 N–H and O–H groups in total. The molecule has 3 aliphatic rings. The van der Waals surface area contributed by atoms with Gasteiger partial charge in [-0.3, -0.25) is 0 Å². The van der Waals surface area contributed by atoms with Gasteiger partial charge in [0.2, 0.25) is 0 Å². The van der Waals surface area contributed by atoms with Crippen LogP contribution in [0.4, 0.5) is 17.1 Å². The maximum atomic E-state index is 6.72. The van der Waals surface area contributed by atoms with Gasteiger partial charge < -0.3 is 13.8 Å². The maximum absolute atomic E-state index is 6.72. The summed E-state index contributed by atoms with van der Waals surface area (Å²) in [5.41, 5.74) is 19.2. The van der Waals surface area contributed by atoms with Gasteiger partial charge in [0.15, 0.2) is 5.58 Å². The molecule has 0 aliphatic carbocycles. The molecule has 232 valence electrons. The normalized spacial score (nSPS) is 14.6. The molecule has 3 aliphatic heterocycles. The Morgan fingerprint density at radius 3 is 2.06 bits per heavy atom. The van der Waals surface area contributed by atoms with Gasteiger partial charge in [0.05, 0.1) is 16.6 Å². The van der Waals surface area contributed by atoms with Gasteiger partial charge in [-0.05, 0) is 81.6 Å². The van der Waals surface area contributed by atoms with Gasteiger partial charge in [0, 0.05) is 33.2 Å². The summed E-state index contributed by atoms with van der Waals surface area (Å²) in [4.78, 5) is 2.59. The SMILES string of the molecule is Cc1cc2c3c(c1)N1c4ccccc4C(c4ccccc4)(c4ccccc4)c4cccc(c41)B3n1c3c-2cccc3c2oc3ccccc3c21. The average molecular weight is 637 g/mol. The van der Waals surface area contributed by atoms with Crippen LogP contribution in [-0.4, -0.2) is 11.3 Å². The maximum Gasteiger partial charge on any atom is 0.333 e. The van der Waals surface area contributed by atoms with E-state index in [0.29, 0.717) is 0 Å². The molecule has 9 aromatic rings. The molecule has 0 atom stereocenters. The number of hydrogen-bond acceptors (Lipinski definition) is 2. The van der Waals surface area contributed by atoms with Crippen molar-refractivity contribution < 1.29 is 4.42 Å². The first-order valence-electron chi connectivity index (χ1n) is 17.5. The quantitative estimate of drug-likeness (QED) is 0.176. The first kappa shape index (κ1) is 26.7. The molecular formula is C46H29BN2O. The number of benzene rings is 7. The van der Waals surface area contributed by atoms with Crippen molar-refractivity contribution in [1.82, 2.24) is 4.48 Å². The standard InChI is InChI=1S/C46H29BN2O/c1-28-26-34-31-19-12-20-33-42(31)49(43-32-18-8-11-25-40(32)50-45(33)43)47-37-23-13-22-36-44(37)48(39(27-28)41(34)47)38-24-10-9-21-35(38)46(36,29-14-4-2-5-15-29)30-16-6-3-7-17-30/h2-27H,1H3. The zero-order valence-corrected chi connectivity index (χ0v) is 27.4. The lowest BCUT2D eigenvalue weighted by molar-refractivity contribution is 0.673. The van der Waals surface area contributed by atoms with Crippen LogP contribution in [0, 0.1) is 6.92 Å². The van der Waals surface area contributed by atoms with Crippen LogP contribution in [0.3, 0.4) is 0 Å². The van der Waals surface area contributed by atoms with Crippen LogP contribution in [0.25, 0.3) is 44.1 Å². The van der Waals surface area contributed by atoms with E-state index < -0.39 is 5.41 Å². The van der Waals surface area contributed by atoms with E-state index >= 15 is 0 Å². The number of rotatable bonds is 2. The highest BCUT2D eigenvalue weighted by Crippen LogP contribution is 2.59. The Balaban J connectivity index is 1.30. The highest BCUT2D eigenvalue weighted by molar-refractivity contribution is 6.90. The molecule has 2 aromatic heterocycles. The first-order valence-corrected chi connectivity index (χ1v) is 17.5. The minimum atomic E-state index is -0.526. The summed E-state index contributed by atoms with van der Waals surface area (Å²) in [6.07, 6.45) is 0.